The van der Waals surface area contributed by atoms with E-state index in [2.05, 4.69) is 5.32 Å². The second-order valence-corrected chi connectivity index (χ2v) is 6.22. The van der Waals surface area contributed by atoms with Gasteiger partial charge in [-0.25, -0.2) is 0 Å². The summed E-state index contributed by atoms with van der Waals surface area (Å²) < 4.78 is 37.7. The van der Waals surface area contributed by atoms with Gasteiger partial charge >= 0.3 is 6.18 Å². The van der Waals surface area contributed by atoms with Crippen LogP contribution in [0.15, 0.2) is 54.6 Å². The van der Waals surface area contributed by atoms with E-state index in [1.54, 1.807) is 0 Å². The van der Waals surface area contributed by atoms with E-state index in [-0.39, 0.29) is 17.9 Å². The van der Waals surface area contributed by atoms with Crippen LogP contribution in [0.25, 0.3) is 0 Å². The van der Waals surface area contributed by atoms with Crippen LogP contribution in [0.4, 0.5) is 13.2 Å². The summed E-state index contributed by atoms with van der Waals surface area (Å²) in [6.45, 7) is 0. The van der Waals surface area contributed by atoms with Crippen molar-refractivity contribution in [2.45, 2.75) is 37.4 Å². The van der Waals surface area contributed by atoms with Crippen molar-refractivity contribution in [2.75, 3.05) is 0 Å². The second kappa shape index (κ2) is 6.30. The molecule has 2 aromatic rings. The molecule has 0 unspecified atom stereocenters. The molecular formula is C19H18F3NO. The lowest BCUT2D eigenvalue weighted by Gasteiger charge is -2.43. The van der Waals surface area contributed by atoms with Gasteiger partial charge in [0.15, 0.2) is 0 Å². The van der Waals surface area contributed by atoms with Gasteiger partial charge in [-0.05, 0) is 42.5 Å². The Hall–Kier alpha value is -2.30. The average Bonchev–Trinajstić information content (AvgIpc) is 2.51. The molecule has 0 spiro atoms. The summed E-state index contributed by atoms with van der Waals surface area (Å²) in [4.78, 5) is 12.3. The van der Waals surface area contributed by atoms with Crippen molar-refractivity contribution >= 4 is 5.91 Å². The Bertz CT molecular complexity index is 704. The van der Waals surface area contributed by atoms with E-state index in [0.717, 1.165) is 37.0 Å². The van der Waals surface area contributed by atoms with Crippen LogP contribution in [0.1, 0.15) is 36.0 Å². The number of carbonyl (C=O) groups excluding carboxylic acids is 1. The minimum Gasteiger partial charge on any atom is -0.346 e. The highest BCUT2D eigenvalue weighted by atomic mass is 19.4. The molecule has 1 N–H and O–H groups in total. The van der Waals surface area contributed by atoms with Crippen molar-refractivity contribution in [1.82, 2.24) is 5.32 Å². The van der Waals surface area contributed by atoms with Crippen molar-refractivity contribution in [2.24, 2.45) is 0 Å². The van der Waals surface area contributed by atoms with Gasteiger partial charge in [0, 0.05) is 0 Å². The van der Waals surface area contributed by atoms with Gasteiger partial charge in [-0.1, -0.05) is 42.5 Å². The molecule has 1 aliphatic rings. The highest BCUT2D eigenvalue weighted by Gasteiger charge is 2.39. The van der Waals surface area contributed by atoms with Crippen LogP contribution in [0.2, 0.25) is 0 Å². The Morgan fingerprint density at radius 3 is 2.12 bits per heavy atom. The highest BCUT2D eigenvalue weighted by Crippen LogP contribution is 2.41. The van der Waals surface area contributed by atoms with Gasteiger partial charge in [-0.15, -0.1) is 0 Å². The predicted molar refractivity (Wildman–Crippen MR) is 85.3 cm³/mol. The summed E-state index contributed by atoms with van der Waals surface area (Å²) in [6.07, 6.45) is -1.46. The summed E-state index contributed by atoms with van der Waals surface area (Å²) in [5.41, 5.74) is 0.621. The van der Waals surface area contributed by atoms with Gasteiger partial charge in [0.05, 0.1) is 17.5 Å². The summed E-state index contributed by atoms with van der Waals surface area (Å²) in [5.74, 6) is -0.168. The number of nitrogens with one attached hydrogen (secondary N) is 1. The first-order valence-corrected chi connectivity index (χ1v) is 7.92. The number of halogens is 3. The fourth-order valence-electron chi connectivity index (χ4n) is 3.08. The number of hydrogen-bond acceptors (Lipinski definition) is 1. The maximum absolute atomic E-state index is 12.6. The van der Waals surface area contributed by atoms with Crippen LogP contribution >= 0.6 is 0 Å². The van der Waals surface area contributed by atoms with Crippen LogP contribution < -0.4 is 5.32 Å². The molecule has 0 radical (unpaired) electrons. The minimum atomic E-state index is -4.36. The van der Waals surface area contributed by atoms with Crippen LogP contribution in [0.3, 0.4) is 0 Å². The van der Waals surface area contributed by atoms with Gasteiger partial charge in [-0.2, -0.15) is 13.2 Å². The fraction of sp³-hybridized carbons (Fsp3) is 0.316. The third-order valence-electron chi connectivity index (χ3n) is 4.56. The first-order valence-electron chi connectivity index (χ1n) is 7.92. The molecule has 0 aromatic heterocycles. The largest absolute Gasteiger partial charge is 0.416 e. The summed E-state index contributed by atoms with van der Waals surface area (Å²) in [6, 6.07) is 14.6. The van der Waals surface area contributed by atoms with E-state index in [4.69, 9.17) is 0 Å². The normalized spacial score (nSPS) is 16.3. The Balaban J connectivity index is 1.67. The van der Waals surface area contributed by atoms with Gasteiger partial charge < -0.3 is 5.32 Å². The fourth-order valence-corrected chi connectivity index (χ4v) is 3.08. The Morgan fingerprint density at radius 2 is 1.62 bits per heavy atom. The average molecular weight is 333 g/mol. The van der Waals surface area contributed by atoms with Crippen molar-refractivity contribution in [3.63, 3.8) is 0 Å². The molecule has 24 heavy (non-hydrogen) atoms. The number of amides is 1. The summed E-state index contributed by atoms with van der Waals surface area (Å²) >= 11 is 0. The molecule has 1 amide bonds. The zero-order valence-corrected chi connectivity index (χ0v) is 13.1. The lowest BCUT2D eigenvalue weighted by molar-refractivity contribution is -0.137. The van der Waals surface area contributed by atoms with E-state index < -0.39 is 11.7 Å². The van der Waals surface area contributed by atoms with E-state index in [9.17, 15) is 18.0 Å². The topological polar surface area (TPSA) is 29.1 Å². The number of benzene rings is 2. The SMILES string of the molecule is O=C(Cc1ccc(C(F)(F)F)cc1)NC1(c2ccccc2)CCC1. The van der Waals surface area contributed by atoms with Gasteiger partial charge in [0.25, 0.3) is 0 Å². The Morgan fingerprint density at radius 1 is 1.00 bits per heavy atom. The van der Waals surface area contributed by atoms with Crippen molar-refractivity contribution < 1.29 is 18.0 Å². The van der Waals surface area contributed by atoms with Crippen LogP contribution in [-0.4, -0.2) is 5.91 Å². The molecule has 0 heterocycles. The number of carbonyl (C=O) groups is 1. The predicted octanol–water partition coefficient (Wildman–Crippen LogP) is 4.44. The van der Waals surface area contributed by atoms with Crippen molar-refractivity contribution in [1.29, 1.82) is 0 Å². The summed E-state index contributed by atoms with van der Waals surface area (Å²) in [7, 11) is 0. The third kappa shape index (κ3) is 3.45. The first-order chi connectivity index (χ1) is 11.4. The zero-order valence-electron chi connectivity index (χ0n) is 13.1. The molecule has 0 saturated heterocycles. The third-order valence-corrected chi connectivity index (χ3v) is 4.56. The van der Waals surface area contributed by atoms with Gasteiger partial charge in [0.1, 0.15) is 0 Å². The molecule has 3 rings (SSSR count). The molecule has 1 fully saturated rings. The van der Waals surface area contributed by atoms with Crippen molar-refractivity contribution in [3.05, 3.63) is 71.3 Å². The van der Waals surface area contributed by atoms with E-state index >= 15 is 0 Å². The maximum Gasteiger partial charge on any atom is 0.416 e. The molecule has 1 aliphatic carbocycles. The number of alkyl halides is 3. The molecule has 0 bridgehead atoms. The molecule has 5 heteroatoms. The minimum absolute atomic E-state index is 0.0761. The first kappa shape index (κ1) is 16.6. The highest BCUT2D eigenvalue weighted by molar-refractivity contribution is 5.79. The molecule has 0 aliphatic heterocycles. The van der Waals surface area contributed by atoms with E-state index in [0.29, 0.717) is 5.56 Å². The molecular weight excluding hydrogens is 315 g/mol. The Labute approximate surface area is 138 Å². The van der Waals surface area contributed by atoms with Crippen molar-refractivity contribution in [3.8, 4) is 0 Å². The smallest absolute Gasteiger partial charge is 0.346 e. The monoisotopic (exact) mass is 333 g/mol. The maximum atomic E-state index is 12.6. The van der Waals surface area contributed by atoms with Crippen LogP contribution in [-0.2, 0) is 22.9 Å². The molecule has 1 saturated carbocycles. The molecule has 2 aromatic carbocycles. The quantitative estimate of drug-likeness (QED) is 0.880. The van der Waals surface area contributed by atoms with Crippen LogP contribution in [0, 0.1) is 0 Å². The zero-order chi connectivity index (χ0) is 17.2. The second-order valence-electron chi connectivity index (χ2n) is 6.22. The number of hydrogen-bond donors (Lipinski definition) is 1. The molecule has 126 valence electrons. The standard InChI is InChI=1S/C19H18F3NO/c20-19(21,22)16-9-7-14(8-10-16)13-17(24)23-18(11-4-12-18)15-5-2-1-3-6-15/h1-3,5-10H,4,11-13H2,(H,23,24). The lowest BCUT2D eigenvalue weighted by Crippen LogP contribution is -2.51. The van der Waals surface area contributed by atoms with Gasteiger partial charge in [-0.3, -0.25) is 4.79 Å². The molecule has 0 atom stereocenters. The molecule has 2 nitrogen and oxygen atoms in total. The van der Waals surface area contributed by atoms with E-state index in [1.807, 2.05) is 30.3 Å². The van der Waals surface area contributed by atoms with Crippen LogP contribution in [0.5, 0.6) is 0 Å². The van der Waals surface area contributed by atoms with E-state index in [1.165, 1.54) is 12.1 Å². The van der Waals surface area contributed by atoms with Gasteiger partial charge in [0.2, 0.25) is 5.91 Å². The summed E-state index contributed by atoms with van der Waals surface area (Å²) in [5, 5.41) is 3.08. The number of rotatable bonds is 4. The lowest BCUT2D eigenvalue weighted by atomic mass is 9.71. The Kier molecular flexibility index (Phi) is 4.35.